The SMILES string of the molecule is Cc1ccsc1C(c1cccs1)N1CCC(C(=O)O)CC1. The number of likely N-dealkylation sites (tertiary alicyclic amines) is 1. The Morgan fingerprint density at radius 2 is 2.05 bits per heavy atom. The van der Waals surface area contributed by atoms with Crippen LogP contribution in [-0.4, -0.2) is 29.1 Å². The van der Waals surface area contributed by atoms with Gasteiger partial charge in [0.25, 0.3) is 0 Å². The van der Waals surface area contributed by atoms with E-state index in [0.29, 0.717) is 6.04 Å². The first-order chi connectivity index (χ1) is 10.2. The lowest BCUT2D eigenvalue weighted by molar-refractivity contribution is -0.143. The molecule has 2 aromatic rings. The van der Waals surface area contributed by atoms with Crippen LogP contribution < -0.4 is 0 Å². The first-order valence-corrected chi connectivity index (χ1v) is 8.97. The molecule has 1 atom stereocenters. The van der Waals surface area contributed by atoms with Crippen LogP contribution >= 0.6 is 22.7 Å². The van der Waals surface area contributed by atoms with E-state index < -0.39 is 5.97 Å². The number of rotatable bonds is 4. The fourth-order valence-corrected chi connectivity index (χ4v) is 5.01. The summed E-state index contributed by atoms with van der Waals surface area (Å²) in [5.74, 6) is -0.815. The number of hydrogen-bond donors (Lipinski definition) is 1. The van der Waals surface area contributed by atoms with Gasteiger partial charge in [-0.3, -0.25) is 9.69 Å². The Bertz CT molecular complexity index is 598. The van der Waals surface area contributed by atoms with E-state index in [4.69, 9.17) is 5.11 Å². The molecule has 0 aliphatic carbocycles. The third-order valence-corrected chi connectivity index (χ3v) is 6.20. The molecule has 1 unspecified atom stereocenters. The molecule has 0 spiro atoms. The minimum absolute atomic E-state index is 0.172. The summed E-state index contributed by atoms with van der Waals surface area (Å²) < 4.78 is 0. The highest BCUT2D eigenvalue weighted by molar-refractivity contribution is 7.11. The molecular formula is C16H19NO2S2. The van der Waals surface area contributed by atoms with Crippen molar-refractivity contribution in [3.63, 3.8) is 0 Å². The highest BCUT2D eigenvalue weighted by atomic mass is 32.1. The quantitative estimate of drug-likeness (QED) is 0.925. The summed E-state index contributed by atoms with van der Waals surface area (Å²) in [5, 5.41) is 13.4. The third-order valence-electron chi connectivity index (χ3n) is 4.21. The molecule has 0 amide bonds. The molecule has 3 heterocycles. The Morgan fingerprint density at radius 3 is 2.57 bits per heavy atom. The van der Waals surface area contributed by atoms with Gasteiger partial charge >= 0.3 is 5.97 Å². The fourth-order valence-electron chi connectivity index (χ4n) is 2.99. The van der Waals surface area contributed by atoms with Crippen LogP contribution in [0.5, 0.6) is 0 Å². The molecule has 1 fully saturated rings. The normalized spacial score (nSPS) is 18.7. The lowest BCUT2D eigenvalue weighted by atomic mass is 9.95. The van der Waals surface area contributed by atoms with Gasteiger partial charge in [0.15, 0.2) is 0 Å². The average Bonchev–Trinajstić information content (AvgIpc) is 3.13. The van der Waals surface area contributed by atoms with Crippen molar-refractivity contribution in [2.45, 2.75) is 25.8 Å². The van der Waals surface area contributed by atoms with Crippen molar-refractivity contribution in [2.75, 3.05) is 13.1 Å². The highest BCUT2D eigenvalue weighted by Gasteiger charge is 2.31. The third kappa shape index (κ3) is 3.05. The molecule has 0 saturated carbocycles. The maximum absolute atomic E-state index is 11.1. The average molecular weight is 321 g/mol. The molecule has 112 valence electrons. The fraction of sp³-hybridized carbons (Fsp3) is 0.438. The molecule has 3 nitrogen and oxygen atoms in total. The Labute approximate surface area is 132 Å². The van der Waals surface area contributed by atoms with Crippen LogP contribution in [0, 0.1) is 12.8 Å². The Hall–Kier alpha value is -1.17. The molecule has 0 radical (unpaired) electrons. The zero-order chi connectivity index (χ0) is 14.8. The predicted octanol–water partition coefficient (Wildman–Crippen LogP) is 4.00. The van der Waals surface area contributed by atoms with Crippen molar-refractivity contribution in [2.24, 2.45) is 5.92 Å². The Morgan fingerprint density at radius 1 is 1.29 bits per heavy atom. The van der Waals surface area contributed by atoms with Gasteiger partial charge in [0, 0.05) is 9.75 Å². The maximum Gasteiger partial charge on any atom is 0.306 e. The van der Waals surface area contributed by atoms with Crippen LogP contribution in [0.25, 0.3) is 0 Å². The number of carboxylic acid groups (broad SMARTS) is 1. The molecule has 1 N–H and O–H groups in total. The predicted molar refractivity (Wildman–Crippen MR) is 87.2 cm³/mol. The van der Waals surface area contributed by atoms with E-state index in [9.17, 15) is 4.79 Å². The van der Waals surface area contributed by atoms with Crippen molar-refractivity contribution in [1.82, 2.24) is 4.90 Å². The molecule has 0 bridgehead atoms. The monoisotopic (exact) mass is 321 g/mol. The van der Waals surface area contributed by atoms with Gasteiger partial charge in [-0.2, -0.15) is 0 Å². The minimum atomic E-state index is -0.644. The lowest BCUT2D eigenvalue weighted by Gasteiger charge is -2.36. The van der Waals surface area contributed by atoms with Gasteiger partial charge in [-0.25, -0.2) is 0 Å². The number of carboxylic acids is 1. The summed E-state index contributed by atoms with van der Waals surface area (Å²) >= 11 is 3.59. The van der Waals surface area contributed by atoms with Gasteiger partial charge in [-0.15, -0.1) is 22.7 Å². The van der Waals surface area contributed by atoms with Crippen LogP contribution in [0.4, 0.5) is 0 Å². The van der Waals surface area contributed by atoms with Crippen LogP contribution in [0.1, 0.15) is 34.2 Å². The van der Waals surface area contributed by atoms with Gasteiger partial charge in [-0.1, -0.05) is 6.07 Å². The van der Waals surface area contributed by atoms with E-state index in [-0.39, 0.29) is 5.92 Å². The van der Waals surface area contributed by atoms with Crippen molar-refractivity contribution in [3.8, 4) is 0 Å². The molecule has 5 heteroatoms. The van der Waals surface area contributed by atoms with Crippen LogP contribution in [0.2, 0.25) is 0 Å². The van der Waals surface area contributed by atoms with Crippen molar-refractivity contribution in [3.05, 3.63) is 44.3 Å². The summed E-state index contributed by atoms with van der Waals surface area (Å²) in [6.45, 7) is 3.88. The van der Waals surface area contributed by atoms with Crippen LogP contribution in [-0.2, 0) is 4.79 Å². The second-order valence-electron chi connectivity index (χ2n) is 5.53. The maximum atomic E-state index is 11.1. The molecular weight excluding hydrogens is 302 g/mol. The summed E-state index contributed by atoms with van der Waals surface area (Å²) in [7, 11) is 0. The summed E-state index contributed by atoms with van der Waals surface area (Å²) in [4.78, 5) is 16.3. The van der Waals surface area contributed by atoms with E-state index in [1.54, 1.807) is 22.7 Å². The van der Waals surface area contributed by atoms with Crippen molar-refractivity contribution in [1.29, 1.82) is 0 Å². The van der Waals surface area contributed by atoms with Gasteiger partial charge in [0.05, 0.1) is 12.0 Å². The number of nitrogens with zero attached hydrogens (tertiary/aromatic N) is 1. The van der Waals surface area contributed by atoms with Crippen molar-refractivity contribution >= 4 is 28.6 Å². The molecule has 21 heavy (non-hydrogen) atoms. The van der Waals surface area contributed by atoms with E-state index in [0.717, 1.165) is 25.9 Å². The zero-order valence-electron chi connectivity index (χ0n) is 12.0. The van der Waals surface area contributed by atoms with E-state index in [1.165, 1.54) is 15.3 Å². The second kappa shape index (κ2) is 6.30. The molecule has 1 aliphatic rings. The van der Waals surface area contributed by atoms with E-state index in [2.05, 4.69) is 40.8 Å². The first kappa shape index (κ1) is 14.8. The lowest BCUT2D eigenvalue weighted by Crippen LogP contribution is -2.38. The van der Waals surface area contributed by atoms with E-state index >= 15 is 0 Å². The Balaban J connectivity index is 1.84. The Kier molecular flexibility index (Phi) is 4.42. The topological polar surface area (TPSA) is 40.5 Å². The molecule has 1 saturated heterocycles. The number of piperidine rings is 1. The molecule has 3 rings (SSSR count). The summed E-state index contributed by atoms with van der Waals surface area (Å²) in [5.41, 5.74) is 1.33. The smallest absolute Gasteiger partial charge is 0.306 e. The summed E-state index contributed by atoms with van der Waals surface area (Å²) in [6, 6.07) is 6.75. The number of aryl methyl sites for hydroxylation is 1. The molecule has 0 aromatic carbocycles. The molecule has 1 aliphatic heterocycles. The minimum Gasteiger partial charge on any atom is -0.481 e. The number of hydrogen-bond acceptors (Lipinski definition) is 4. The molecule has 2 aromatic heterocycles. The van der Waals surface area contributed by atoms with Gasteiger partial charge in [0.2, 0.25) is 0 Å². The highest BCUT2D eigenvalue weighted by Crippen LogP contribution is 2.38. The number of carbonyl (C=O) groups is 1. The van der Waals surface area contributed by atoms with Crippen LogP contribution in [0.15, 0.2) is 29.0 Å². The van der Waals surface area contributed by atoms with Gasteiger partial charge < -0.3 is 5.11 Å². The van der Waals surface area contributed by atoms with Crippen molar-refractivity contribution < 1.29 is 9.90 Å². The first-order valence-electron chi connectivity index (χ1n) is 7.21. The van der Waals surface area contributed by atoms with E-state index in [1.807, 2.05) is 0 Å². The van der Waals surface area contributed by atoms with Gasteiger partial charge in [-0.05, 0) is 61.3 Å². The number of thiophene rings is 2. The zero-order valence-corrected chi connectivity index (χ0v) is 13.6. The standard InChI is InChI=1S/C16H19NO2S2/c1-11-6-10-21-15(11)14(13-3-2-9-20-13)17-7-4-12(5-8-17)16(18)19/h2-3,6,9-10,12,14H,4-5,7-8H2,1H3,(H,18,19). The van der Waals surface area contributed by atoms with Gasteiger partial charge in [0.1, 0.15) is 0 Å². The number of aliphatic carboxylic acids is 1. The second-order valence-corrected chi connectivity index (χ2v) is 7.46. The van der Waals surface area contributed by atoms with Crippen LogP contribution in [0.3, 0.4) is 0 Å². The summed E-state index contributed by atoms with van der Waals surface area (Å²) in [6.07, 6.45) is 1.50. The largest absolute Gasteiger partial charge is 0.481 e.